The molecule has 4 aromatic heterocycles. The molecule has 0 spiro atoms. The summed E-state index contributed by atoms with van der Waals surface area (Å²) in [7, 11) is 6.10. The van der Waals surface area contributed by atoms with Crippen LogP contribution in [0.25, 0.3) is 22.3 Å². The van der Waals surface area contributed by atoms with Gasteiger partial charge in [0.15, 0.2) is 26.6 Å². The molecular weight excluding hydrogens is 944 g/mol. The number of aldehydes is 2. The van der Waals surface area contributed by atoms with Crippen LogP contribution >= 0.6 is 71.8 Å². The lowest BCUT2D eigenvalue weighted by atomic mass is 10.2. The molecular formula is C36H39Br3N8O6S2. The molecule has 0 unspecified atom stereocenters. The number of H-pyrrole nitrogens is 1. The Labute approximate surface area is 349 Å². The van der Waals surface area contributed by atoms with Gasteiger partial charge in [0.1, 0.15) is 18.2 Å². The van der Waals surface area contributed by atoms with E-state index in [4.69, 9.17) is 12.2 Å². The van der Waals surface area contributed by atoms with Gasteiger partial charge in [-0.2, -0.15) is 0 Å². The number of halogens is 3. The highest BCUT2D eigenvalue weighted by atomic mass is 79.9. The van der Waals surface area contributed by atoms with Crippen LogP contribution in [0, 0.1) is 4.77 Å². The second-order valence-electron chi connectivity index (χ2n) is 13.5. The van der Waals surface area contributed by atoms with Gasteiger partial charge in [0.25, 0.3) is 11.1 Å². The van der Waals surface area contributed by atoms with Gasteiger partial charge in [0, 0.05) is 37.1 Å². The number of aryl methyl sites for hydroxylation is 2. The van der Waals surface area contributed by atoms with Crippen LogP contribution in [0.3, 0.4) is 0 Å². The zero-order chi connectivity index (χ0) is 41.2. The maximum atomic E-state index is 12.8. The van der Waals surface area contributed by atoms with Crippen LogP contribution in [0.4, 0.5) is 0 Å². The van der Waals surface area contributed by atoms with E-state index in [9.17, 15) is 28.8 Å². The maximum Gasteiger partial charge on any atom is 0.332 e. The molecule has 292 valence electrons. The van der Waals surface area contributed by atoms with Crippen molar-refractivity contribution < 1.29 is 9.59 Å². The number of carbonyl (C=O) groups is 2. The Morgan fingerprint density at radius 2 is 1.22 bits per heavy atom. The van der Waals surface area contributed by atoms with E-state index in [1.54, 1.807) is 50.9 Å². The average Bonchev–Trinajstić information content (AvgIpc) is 3.64. The van der Waals surface area contributed by atoms with E-state index in [2.05, 4.69) is 57.8 Å². The first-order chi connectivity index (χ1) is 25.6. The zero-order valence-electron chi connectivity index (χ0n) is 31.2. The summed E-state index contributed by atoms with van der Waals surface area (Å²) >= 11 is 16.6. The zero-order valence-corrected chi connectivity index (χ0v) is 37.6. The van der Waals surface area contributed by atoms with Crippen LogP contribution in [0.2, 0.25) is 0 Å². The second kappa shape index (κ2) is 17.5. The molecule has 55 heavy (non-hydrogen) atoms. The van der Waals surface area contributed by atoms with Crippen LogP contribution in [-0.4, -0.2) is 59.0 Å². The molecule has 0 bridgehead atoms. The Morgan fingerprint density at radius 1 is 0.745 bits per heavy atom. The summed E-state index contributed by atoms with van der Waals surface area (Å²) in [5.41, 5.74) is 1.85. The molecule has 0 radical (unpaired) electrons. The van der Waals surface area contributed by atoms with Gasteiger partial charge in [0.2, 0.25) is 0 Å². The number of nitrogens with one attached hydrogen (secondary N) is 1. The van der Waals surface area contributed by atoms with Gasteiger partial charge in [-0.1, -0.05) is 83.8 Å². The van der Waals surface area contributed by atoms with Gasteiger partial charge >= 0.3 is 11.4 Å². The first-order valence-corrected chi connectivity index (χ1v) is 20.0. The highest BCUT2D eigenvalue weighted by molar-refractivity contribution is 9.11. The molecule has 0 aliphatic heterocycles. The van der Waals surface area contributed by atoms with Gasteiger partial charge < -0.3 is 23.7 Å². The number of aromatic nitrogens is 8. The van der Waals surface area contributed by atoms with Gasteiger partial charge in [0.05, 0.1) is 22.2 Å². The average molecular weight is 984 g/mol. The van der Waals surface area contributed by atoms with Crippen molar-refractivity contribution in [3.8, 4) is 0 Å². The van der Waals surface area contributed by atoms with Gasteiger partial charge in [-0.05, 0) is 75.3 Å². The number of thioether (sulfide) groups is 1. The minimum Gasteiger partial charge on any atom is -0.316 e. The summed E-state index contributed by atoms with van der Waals surface area (Å²) in [5.74, 6) is 0. The first-order valence-electron chi connectivity index (χ1n) is 16.4. The van der Waals surface area contributed by atoms with Gasteiger partial charge in [-0.3, -0.25) is 27.9 Å². The predicted molar refractivity (Wildman–Crippen MR) is 229 cm³/mol. The lowest BCUT2D eigenvalue weighted by molar-refractivity contribution is -0.109. The number of imidazole rings is 2. The molecule has 0 saturated heterocycles. The molecule has 0 saturated carbocycles. The van der Waals surface area contributed by atoms with Crippen molar-refractivity contribution in [3.05, 3.63) is 115 Å². The van der Waals surface area contributed by atoms with Crippen molar-refractivity contribution in [2.24, 2.45) is 28.2 Å². The number of rotatable bonds is 8. The summed E-state index contributed by atoms with van der Waals surface area (Å²) in [6.45, 7) is 7.99. The van der Waals surface area contributed by atoms with Gasteiger partial charge in [-0.15, -0.1) is 0 Å². The minimum absolute atomic E-state index is 0.308. The molecule has 19 heteroatoms. The fraction of sp³-hybridized carbons (Fsp3) is 0.333. The van der Waals surface area contributed by atoms with E-state index in [0.717, 1.165) is 41.8 Å². The monoisotopic (exact) mass is 980 g/mol. The predicted octanol–water partition coefficient (Wildman–Crippen LogP) is 5.58. The van der Waals surface area contributed by atoms with Crippen molar-refractivity contribution >= 4 is 107 Å². The summed E-state index contributed by atoms with van der Waals surface area (Å²) in [4.78, 5) is 78.2. The largest absolute Gasteiger partial charge is 0.332 e. The molecule has 0 aliphatic rings. The third-order valence-electron chi connectivity index (χ3n) is 8.07. The first kappa shape index (κ1) is 43.8. The number of hydrogen-bond acceptors (Lipinski definition) is 9. The van der Waals surface area contributed by atoms with Crippen molar-refractivity contribution in [3.63, 3.8) is 0 Å². The van der Waals surface area contributed by atoms with Crippen LogP contribution in [0.5, 0.6) is 0 Å². The molecule has 0 atom stereocenters. The van der Waals surface area contributed by atoms with E-state index in [-0.39, 0.29) is 15.6 Å². The van der Waals surface area contributed by atoms with E-state index in [1.165, 1.54) is 35.0 Å². The van der Waals surface area contributed by atoms with Crippen LogP contribution in [-0.2, 0) is 50.9 Å². The van der Waals surface area contributed by atoms with E-state index in [0.29, 0.717) is 45.3 Å². The fourth-order valence-electron chi connectivity index (χ4n) is 5.18. The number of aromatic amines is 1. The van der Waals surface area contributed by atoms with Crippen molar-refractivity contribution in [2.45, 2.75) is 55.0 Å². The minimum atomic E-state index is -0.722. The fourth-order valence-corrected chi connectivity index (χ4v) is 7.24. The van der Waals surface area contributed by atoms with E-state index < -0.39 is 16.0 Å². The Balaban J connectivity index is 0.000000216. The van der Waals surface area contributed by atoms with Crippen LogP contribution < -0.4 is 22.5 Å². The van der Waals surface area contributed by atoms with E-state index in [1.807, 2.05) is 48.5 Å². The Kier molecular flexibility index (Phi) is 13.9. The summed E-state index contributed by atoms with van der Waals surface area (Å²) < 4.78 is 9.63. The highest BCUT2D eigenvalue weighted by Crippen LogP contribution is 2.32. The van der Waals surface area contributed by atoms with Crippen LogP contribution in [0.1, 0.15) is 38.8 Å². The molecule has 0 amide bonds. The number of fused-ring (bicyclic) bond motifs is 2. The maximum absolute atomic E-state index is 12.8. The standard InChI is InChI=1S/C18H19BrN4O3S.C14H13BrN4O2S.C4H7BrO/c1-18(2,10-24)27-16-20-14-13(15(25)22(4)17(26)21(14)3)23(16)9-11-6-5-7-12(19)8-11;1-17-11-10(12(20)18(2)14(17)21)19(13(22)16-11)7-8-4-3-5-9(15)6-8;1-4(2,5)3-6/h5-8,10H,9H2,1-4H3;3-6H,7H2,1-2H3,(H,16,22);3H,1-2H3. The molecule has 6 aromatic rings. The lowest BCUT2D eigenvalue weighted by Crippen LogP contribution is -2.37. The molecule has 0 aliphatic carbocycles. The lowest BCUT2D eigenvalue weighted by Gasteiger charge is -2.16. The third kappa shape index (κ3) is 10.1. The normalized spacial score (nSPS) is 11.5. The number of hydrogen-bond donors (Lipinski definition) is 1. The Bertz CT molecular complexity index is 2730. The molecule has 2 aromatic carbocycles. The molecule has 4 heterocycles. The van der Waals surface area contributed by atoms with Crippen molar-refractivity contribution in [2.75, 3.05) is 0 Å². The summed E-state index contributed by atoms with van der Waals surface area (Å²) in [5, 5.41) is 0.514. The number of alkyl halides is 1. The van der Waals surface area contributed by atoms with E-state index >= 15 is 0 Å². The number of benzene rings is 2. The van der Waals surface area contributed by atoms with Crippen molar-refractivity contribution in [1.82, 2.24) is 37.4 Å². The Morgan fingerprint density at radius 3 is 1.69 bits per heavy atom. The van der Waals surface area contributed by atoms with Crippen LogP contribution in [0.15, 0.2) is 81.8 Å². The quantitative estimate of drug-likeness (QED) is 0.0890. The molecule has 6 rings (SSSR count). The van der Waals surface area contributed by atoms with Crippen molar-refractivity contribution in [1.29, 1.82) is 0 Å². The molecule has 1 N–H and O–H groups in total. The second-order valence-corrected chi connectivity index (χ2v) is 19.4. The highest BCUT2D eigenvalue weighted by Gasteiger charge is 2.26. The Hall–Kier alpha value is -3.91. The molecule has 0 fully saturated rings. The third-order valence-corrected chi connectivity index (χ3v) is 10.7. The molecule has 14 nitrogen and oxygen atoms in total. The summed E-state index contributed by atoms with van der Waals surface area (Å²) in [6, 6.07) is 15.5. The van der Waals surface area contributed by atoms with Gasteiger partial charge in [-0.25, -0.2) is 14.6 Å². The summed E-state index contributed by atoms with van der Waals surface area (Å²) in [6.07, 6.45) is 1.70. The number of nitrogens with zero attached hydrogens (tertiary/aromatic N) is 7. The number of carbonyl (C=O) groups excluding carboxylic acids is 2. The topological polar surface area (TPSA) is 161 Å². The smallest absolute Gasteiger partial charge is 0.316 e. The SMILES string of the molecule is CC(C)(Br)C=O.Cn1c(=O)c2c([nH]c(=S)n2Cc2cccc(Br)c2)n(C)c1=O.Cn1c(=O)c2c(nc(SC(C)(C)C=O)n2Cc2cccc(Br)c2)n(C)c1=O.